The molecule has 0 spiro atoms. The number of rotatable bonds is 2. The van der Waals surface area contributed by atoms with Crippen LogP contribution in [-0.4, -0.2) is 12.6 Å². The van der Waals surface area contributed by atoms with Crippen molar-refractivity contribution in [3.05, 3.63) is 59.9 Å². The van der Waals surface area contributed by atoms with Gasteiger partial charge < -0.3 is 10.1 Å². The van der Waals surface area contributed by atoms with E-state index in [-0.39, 0.29) is 11.9 Å². The zero-order valence-corrected chi connectivity index (χ0v) is 10.6. The molecule has 0 fully saturated rings. The van der Waals surface area contributed by atoms with Gasteiger partial charge in [-0.15, -0.1) is 0 Å². The Bertz CT molecular complexity index is 543. The van der Waals surface area contributed by atoms with Crippen molar-refractivity contribution >= 4 is 5.69 Å². The van der Waals surface area contributed by atoms with Gasteiger partial charge in [0.2, 0.25) is 0 Å². The van der Waals surface area contributed by atoms with Crippen molar-refractivity contribution < 1.29 is 9.13 Å². The first kappa shape index (κ1) is 12.0. The molecule has 2 nitrogen and oxygen atoms in total. The highest BCUT2D eigenvalue weighted by atomic mass is 19.1. The molecule has 98 valence electrons. The molecule has 0 bridgehead atoms. The Morgan fingerprint density at radius 1 is 1.05 bits per heavy atom. The first-order chi connectivity index (χ1) is 9.33. The second-order valence-electron chi connectivity index (χ2n) is 4.75. The number of para-hydroxylation sites is 2. The minimum atomic E-state index is -0.302. The van der Waals surface area contributed by atoms with E-state index in [2.05, 4.69) is 17.4 Å². The van der Waals surface area contributed by atoms with Crippen molar-refractivity contribution in [2.75, 3.05) is 11.9 Å². The molecule has 0 saturated carbocycles. The van der Waals surface area contributed by atoms with E-state index in [0.29, 0.717) is 12.3 Å². The van der Waals surface area contributed by atoms with Crippen LogP contribution in [0, 0.1) is 5.82 Å². The van der Waals surface area contributed by atoms with Gasteiger partial charge in [-0.1, -0.05) is 30.3 Å². The summed E-state index contributed by atoms with van der Waals surface area (Å²) in [6.07, 6.45) is 1.82. The topological polar surface area (TPSA) is 21.3 Å². The average Bonchev–Trinajstić information content (AvgIpc) is 2.64. The summed E-state index contributed by atoms with van der Waals surface area (Å²) in [5.41, 5.74) is 2.45. The van der Waals surface area contributed by atoms with E-state index < -0.39 is 0 Å². The van der Waals surface area contributed by atoms with Crippen LogP contribution < -0.4 is 10.1 Å². The summed E-state index contributed by atoms with van der Waals surface area (Å²) in [6, 6.07) is 14.8. The minimum absolute atomic E-state index is 0.00991. The first-order valence-electron chi connectivity index (χ1n) is 6.56. The highest BCUT2D eigenvalue weighted by Crippen LogP contribution is 2.24. The average molecular weight is 257 g/mol. The molecular weight excluding hydrogens is 241 g/mol. The third-order valence-electron chi connectivity index (χ3n) is 3.40. The highest BCUT2D eigenvalue weighted by molar-refractivity contribution is 5.52. The molecule has 1 aliphatic heterocycles. The highest BCUT2D eigenvalue weighted by Gasteiger charge is 2.17. The van der Waals surface area contributed by atoms with Crippen LogP contribution in [0.3, 0.4) is 0 Å². The van der Waals surface area contributed by atoms with E-state index in [9.17, 15) is 4.39 Å². The van der Waals surface area contributed by atoms with Crippen LogP contribution in [0.1, 0.15) is 12.0 Å². The third kappa shape index (κ3) is 2.70. The summed E-state index contributed by atoms with van der Waals surface area (Å²) >= 11 is 0. The van der Waals surface area contributed by atoms with Crippen LogP contribution in [0.25, 0.3) is 0 Å². The number of hydrogen-bond donors (Lipinski definition) is 1. The monoisotopic (exact) mass is 257 g/mol. The van der Waals surface area contributed by atoms with Crippen LogP contribution in [0.4, 0.5) is 10.1 Å². The van der Waals surface area contributed by atoms with Crippen molar-refractivity contribution in [3.8, 4) is 5.75 Å². The first-order valence-corrected chi connectivity index (χ1v) is 6.56. The van der Waals surface area contributed by atoms with Gasteiger partial charge in [0.1, 0.15) is 6.10 Å². The van der Waals surface area contributed by atoms with Gasteiger partial charge in [0.15, 0.2) is 11.6 Å². The Morgan fingerprint density at radius 2 is 1.84 bits per heavy atom. The lowest BCUT2D eigenvalue weighted by molar-refractivity contribution is 0.197. The van der Waals surface area contributed by atoms with Gasteiger partial charge in [0.25, 0.3) is 0 Å². The number of ether oxygens (including phenoxy) is 1. The van der Waals surface area contributed by atoms with Gasteiger partial charge >= 0.3 is 0 Å². The molecule has 1 atom stereocenters. The number of benzene rings is 2. The van der Waals surface area contributed by atoms with Gasteiger partial charge in [-0.3, -0.25) is 0 Å². The van der Waals surface area contributed by atoms with Crippen molar-refractivity contribution in [2.45, 2.75) is 18.9 Å². The van der Waals surface area contributed by atoms with Crippen molar-refractivity contribution in [3.63, 3.8) is 0 Å². The molecule has 19 heavy (non-hydrogen) atoms. The second kappa shape index (κ2) is 5.31. The fourth-order valence-corrected chi connectivity index (χ4v) is 2.37. The molecule has 0 saturated heterocycles. The summed E-state index contributed by atoms with van der Waals surface area (Å²) in [4.78, 5) is 0. The van der Waals surface area contributed by atoms with Crippen LogP contribution in [0.15, 0.2) is 48.5 Å². The molecule has 3 heteroatoms. The summed E-state index contributed by atoms with van der Waals surface area (Å²) in [6.45, 7) is 0.700. The summed E-state index contributed by atoms with van der Waals surface area (Å²) in [7, 11) is 0. The van der Waals surface area contributed by atoms with Gasteiger partial charge in [-0.05, 0) is 36.6 Å². The predicted molar refractivity (Wildman–Crippen MR) is 74.1 cm³/mol. The maximum Gasteiger partial charge on any atom is 0.165 e. The number of nitrogens with one attached hydrogen (secondary N) is 1. The van der Waals surface area contributed by atoms with E-state index in [1.165, 1.54) is 11.6 Å². The SMILES string of the molecule is Fc1ccccc1OC1CCc2ccccc2NC1. The molecule has 1 unspecified atom stereocenters. The Kier molecular flexibility index (Phi) is 3.36. The minimum Gasteiger partial charge on any atom is -0.486 e. The lowest BCUT2D eigenvalue weighted by Crippen LogP contribution is -2.25. The second-order valence-corrected chi connectivity index (χ2v) is 4.75. The van der Waals surface area contributed by atoms with Crippen molar-refractivity contribution in [1.29, 1.82) is 0 Å². The molecule has 3 rings (SSSR count). The fourth-order valence-electron chi connectivity index (χ4n) is 2.37. The summed E-state index contributed by atoms with van der Waals surface area (Å²) < 4.78 is 19.3. The molecule has 1 N–H and O–H groups in total. The Labute approximate surface area is 112 Å². The zero-order valence-electron chi connectivity index (χ0n) is 10.6. The standard InChI is InChI=1S/C16H16FNO/c17-14-6-2-4-8-16(14)19-13-10-9-12-5-1-3-7-15(12)18-11-13/h1-8,13,18H,9-11H2. The lowest BCUT2D eigenvalue weighted by Gasteiger charge is -2.17. The van der Waals surface area contributed by atoms with Crippen LogP contribution in [0.2, 0.25) is 0 Å². The van der Waals surface area contributed by atoms with Gasteiger partial charge in [-0.2, -0.15) is 0 Å². The maximum absolute atomic E-state index is 13.6. The normalized spacial score (nSPS) is 18.1. The van der Waals surface area contributed by atoms with E-state index in [1.807, 2.05) is 12.1 Å². The molecule has 0 radical (unpaired) electrons. The summed E-state index contributed by atoms with van der Waals surface area (Å²) in [5, 5.41) is 3.37. The smallest absolute Gasteiger partial charge is 0.165 e. The van der Waals surface area contributed by atoms with Gasteiger partial charge in [0, 0.05) is 5.69 Å². The van der Waals surface area contributed by atoms with Gasteiger partial charge in [0.05, 0.1) is 6.54 Å². The molecule has 1 aliphatic rings. The summed E-state index contributed by atoms with van der Waals surface area (Å²) in [5.74, 6) is 0.0320. The Morgan fingerprint density at radius 3 is 2.74 bits per heavy atom. The van der Waals surface area contributed by atoms with E-state index >= 15 is 0 Å². The molecule has 0 aliphatic carbocycles. The molecule has 2 aromatic carbocycles. The molecule has 0 amide bonds. The van der Waals surface area contributed by atoms with E-state index in [1.54, 1.807) is 18.2 Å². The predicted octanol–water partition coefficient (Wildman–Crippen LogP) is 3.63. The van der Waals surface area contributed by atoms with Crippen LogP contribution in [-0.2, 0) is 6.42 Å². The fraction of sp³-hybridized carbons (Fsp3) is 0.250. The molecule has 2 aromatic rings. The molecule has 0 aromatic heterocycles. The number of aryl methyl sites for hydroxylation is 1. The number of halogens is 1. The Balaban J connectivity index is 1.71. The van der Waals surface area contributed by atoms with Crippen molar-refractivity contribution in [1.82, 2.24) is 0 Å². The van der Waals surface area contributed by atoms with E-state index in [4.69, 9.17) is 4.74 Å². The maximum atomic E-state index is 13.6. The van der Waals surface area contributed by atoms with E-state index in [0.717, 1.165) is 18.5 Å². The van der Waals surface area contributed by atoms with Crippen LogP contribution >= 0.6 is 0 Å². The van der Waals surface area contributed by atoms with Crippen LogP contribution in [0.5, 0.6) is 5.75 Å². The van der Waals surface area contributed by atoms with Crippen molar-refractivity contribution in [2.24, 2.45) is 0 Å². The number of hydrogen-bond acceptors (Lipinski definition) is 2. The zero-order chi connectivity index (χ0) is 13.1. The Hall–Kier alpha value is -2.03. The molecule has 1 heterocycles. The number of anilines is 1. The number of fused-ring (bicyclic) bond motifs is 1. The molecular formula is C16H16FNO. The largest absolute Gasteiger partial charge is 0.486 e. The quantitative estimate of drug-likeness (QED) is 0.887. The third-order valence-corrected chi connectivity index (χ3v) is 3.40. The van der Waals surface area contributed by atoms with Gasteiger partial charge in [-0.25, -0.2) is 4.39 Å². The lowest BCUT2D eigenvalue weighted by atomic mass is 10.1.